The average molecular weight is 297 g/mol. The smallest absolute Gasteiger partial charge is 0.225 e. The fourth-order valence-electron chi connectivity index (χ4n) is 1.82. The summed E-state index contributed by atoms with van der Waals surface area (Å²) in [7, 11) is 0. The standard InChI is InChI=1S/C12H13ClN4OS/c13-12-16-9(8-3-6-19-11(8)17-12)14-4-5-15-10(18)7-1-2-7/h3,6-7H,1-2,4-5H2,(H,15,18)(H,14,16,17). The highest BCUT2D eigenvalue weighted by Gasteiger charge is 2.28. The van der Waals surface area contributed by atoms with E-state index in [0.717, 1.165) is 28.9 Å². The van der Waals surface area contributed by atoms with E-state index >= 15 is 0 Å². The van der Waals surface area contributed by atoms with Gasteiger partial charge in [-0.15, -0.1) is 11.3 Å². The minimum atomic E-state index is 0.156. The first kappa shape index (κ1) is 12.6. The topological polar surface area (TPSA) is 66.9 Å². The zero-order valence-electron chi connectivity index (χ0n) is 10.1. The predicted molar refractivity (Wildman–Crippen MR) is 76.6 cm³/mol. The van der Waals surface area contributed by atoms with Crippen molar-refractivity contribution in [1.29, 1.82) is 0 Å². The molecule has 0 bridgehead atoms. The molecule has 0 unspecified atom stereocenters. The maximum absolute atomic E-state index is 11.5. The number of nitrogens with zero attached hydrogens (tertiary/aromatic N) is 2. The maximum atomic E-state index is 11.5. The molecule has 2 N–H and O–H groups in total. The molecule has 0 aromatic carbocycles. The first-order valence-electron chi connectivity index (χ1n) is 6.16. The van der Waals surface area contributed by atoms with Crippen LogP contribution in [0.4, 0.5) is 5.82 Å². The molecule has 0 aliphatic heterocycles. The number of carbonyl (C=O) groups excluding carboxylic acids is 1. The molecule has 2 aromatic rings. The number of carbonyl (C=O) groups is 1. The second-order valence-electron chi connectivity index (χ2n) is 4.47. The van der Waals surface area contributed by atoms with Gasteiger partial charge in [0.05, 0.1) is 5.39 Å². The minimum Gasteiger partial charge on any atom is -0.368 e. The third-order valence-electron chi connectivity index (χ3n) is 2.96. The number of fused-ring (bicyclic) bond motifs is 1. The molecule has 1 aliphatic carbocycles. The van der Waals surface area contributed by atoms with Crippen LogP contribution in [0.5, 0.6) is 0 Å². The number of hydrogen-bond acceptors (Lipinski definition) is 5. The number of rotatable bonds is 5. The monoisotopic (exact) mass is 296 g/mol. The molecule has 100 valence electrons. The Bertz CT molecular complexity index is 611. The van der Waals surface area contributed by atoms with Gasteiger partial charge in [-0.2, -0.15) is 0 Å². The lowest BCUT2D eigenvalue weighted by Gasteiger charge is -2.08. The normalized spacial score (nSPS) is 14.6. The van der Waals surface area contributed by atoms with Crippen LogP contribution in [0.2, 0.25) is 5.28 Å². The summed E-state index contributed by atoms with van der Waals surface area (Å²) in [5.41, 5.74) is 0. The Morgan fingerprint density at radius 3 is 3.05 bits per heavy atom. The van der Waals surface area contributed by atoms with E-state index in [0.29, 0.717) is 13.1 Å². The van der Waals surface area contributed by atoms with E-state index in [1.807, 2.05) is 11.4 Å². The summed E-state index contributed by atoms with van der Waals surface area (Å²) in [5.74, 6) is 1.12. The van der Waals surface area contributed by atoms with Crippen molar-refractivity contribution < 1.29 is 4.79 Å². The maximum Gasteiger partial charge on any atom is 0.225 e. The number of thiophene rings is 1. The summed E-state index contributed by atoms with van der Waals surface area (Å²) >= 11 is 7.40. The van der Waals surface area contributed by atoms with Crippen LogP contribution in [0.15, 0.2) is 11.4 Å². The lowest BCUT2D eigenvalue weighted by Crippen LogP contribution is -2.29. The van der Waals surface area contributed by atoms with Crippen molar-refractivity contribution >= 4 is 44.9 Å². The van der Waals surface area contributed by atoms with Crippen molar-refractivity contribution in [3.05, 3.63) is 16.7 Å². The molecule has 19 heavy (non-hydrogen) atoms. The third-order valence-corrected chi connectivity index (χ3v) is 3.94. The van der Waals surface area contributed by atoms with Gasteiger partial charge in [0.25, 0.3) is 0 Å². The first-order chi connectivity index (χ1) is 9.24. The minimum absolute atomic E-state index is 0.156. The van der Waals surface area contributed by atoms with E-state index in [4.69, 9.17) is 11.6 Å². The van der Waals surface area contributed by atoms with E-state index in [2.05, 4.69) is 20.6 Å². The summed E-state index contributed by atoms with van der Waals surface area (Å²) in [6, 6.07) is 1.96. The summed E-state index contributed by atoms with van der Waals surface area (Å²) in [5, 5.41) is 9.23. The fourth-order valence-corrected chi connectivity index (χ4v) is 2.80. The second kappa shape index (κ2) is 5.30. The van der Waals surface area contributed by atoms with Crippen molar-refractivity contribution in [3.63, 3.8) is 0 Å². The molecule has 0 saturated heterocycles. The SMILES string of the molecule is O=C(NCCNc1nc(Cl)nc2sccc12)C1CC1. The number of anilines is 1. The van der Waals surface area contributed by atoms with E-state index in [1.165, 1.54) is 11.3 Å². The highest BCUT2D eigenvalue weighted by Crippen LogP contribution is 2.28. The highest BCUT2D eigenvalue weighted by atomic mass is 35.5. The second-order valence-corrected chi connectivity index (χ2v) is 5.71. The Morgan fingerprint density at radius 2 is 2.26 bits per heavy atom. The van der Waals surface area contributed by atoms with Crippen LogP contribution in [0.25, 0.3) is 10.2 Å². The molecular formula is C12H13ClN4OS. The number of aromatic nitrogens is 2. The first-order valence-corrected chi connectivity index (χ1v) is 7.42. The van der Waals surface area contributed by atoms with Gasteiger partial charge in [-0.25, -0.2) is 9.97 Å². The van der Waals surface area contributed by atoms with Crippen molar-refractivity contribution in [3.8, 4) is 0 Å². The van der Waals surface area contributed by atoms with Crippen LogP contribution < -0.4 is 10.6 Å². The van der Waals surface area contributed by atoms with Gasteiger partial charge >= 0.3 is 0 Å². The van der Waals surface area contributed by atoms with Gasteiger partial charge in [0.2, 0.25) is 11.2 Å². The van der Waals surface area contributed by atoms with E-state index < -0.39 is 0 Å². The van der Waals surface area contributed by atoms with Gasteiger partial charge in [0.15, 0.2) is 0 Å². The number of amides is 1. The number of nitrogens with one attached hydrogen (secondary N) is 2. The van der Waals surface area contributed by atoms with Gasteiger partial charge < -0.3 is 10.6 Å². The van der Waals surface area contributed by atoms with Gasteiger partial charge in [0.1, 0.15) is 10.6 Å². The Labute approximate surface area is 119 Å². The summed E-state index contributed by atoms with van der Waals surface area (Å²) < 4.78 is 0. The van der Waals surface area contributed by atoms with Gasteiger partial charge in [-0.05, 0) is 35.9 Å². The van der Waals surface area contributed by atoms with Crippen LogP contribution in [-0.2, 0) is 4.79 Å². The van der Waals surface area contributed by atoms with Crippen LogP contribution in [-0.4, -0.2) is 29.0 Å². The van der Waals surface area contributed by atoms with E-state index in [-0.39, 0.29) is 17.1 Å². The van der Waals surface area contributed by atoms with Crippen LogP contribution in [0.3, 0.4) is 0 Å². The van der Waals surface area contributed by atoms with Crippen molar-refractivity contribution in [2.45, 2.75) is 12.8 Å². The molecular weight excluding hydrogens is 284 g/mol. The fraction of sp³-hybridized carbons (Fsp3) is 0.417. The van der Waals surface area contributed by atoms with Crippen LogP contribution in [0, 0.1) is 5.92 Å². The molecule has 1 saturated carbocycles. The number of halogens is 1. The van der Waals surface area contributed by atoms with E-state index in [1.54, 1.807) is 0 Å². The Hall–Kier alpha value is -1.40. The van der Waals surface area contributed by atoms with Crippen LogP contribution >= 0.6 is 22.9 Å². The Kier molecular flexibility index (Phi) is 3.52. The summed E-state index contributed by atoms with van der Waals surface area (Å²) in [4.78, 5) is 20.6. The van der Waals surface area contributed by atoms with Crippen LogP contribution in [0.1, 0.15) is 12.8 Å². The highest BCUT2D eigenvalue weighted by molar-refractivity contribution is 7.16. The molecule has 1 amide bonds. The molecule has 2 aromatic heterocycles. The third kappa shape index (κ3) is 2.96. The van der Waals surface area contributed by atoms with Gasteiger partial charge in [-0.3, -0.25) is 4.79 Å². The summed E-state index contributed by atoms with van der Waals surface area (Å²) in [6.07, 6.45) is 2.05. The molecule has 1 fully saturated rings. The quantitative estimate of drug-likeness (QED) is 0.656. The molecule has 0 spiro atoms. The van der Waals surface area contributed by atoms with Crippen molar-refractivity contribution in [2.75, 3.05) is 18.4 Å². The molecule has 7 heteroatoms. The zero-order chi connectivity index (χ0) is 13.2. The molecule has 3 rings (SSSR count). The van der Waals surface area contributed by atoms with Crippen molar-refractivity contribution in [2.24, 2.45) is 5.92 Å². The Balaban J connectivity index is 1.58. The average Bonchev–Trinajstić information content (AvgIpc) is 3.13. The number of hydrogen-bond donors (Lipinski definition) is 2. The molecule has 0 atom stereocenters. The molecule has 2 heterocycles. The lowest BCUT2D eigenvalue weighted by molar-refractivity contribution is -0.122. The molecule has 5 nitrogen and oxygen atoms in total. The lowest BCUT2D eigenvalue weighted by atomic mass is 10.3. The predicted octanol–water partition coefficient (Wildman–Crippen LogP) is 2.28. The Morgan fingerprint density at radius 1 is 1.42 bits per heavy atom. The molecule has 1 aliphatic rings. The largest absolute Gasteiger partial charge is 0.368 e. The molecule has 0 radical (unpaired) electrons. The van der Waals surface area contributed by atoms with E-state index in [9.17, 15) is 4.79 Å². The summed E-state index contributed by atoms with van der Waals surface area (Å²) in [6.45, 7) is 1.21. The zero-order valence-corrected chi connectivity index (χ0v) is 11.7. The van der Waals surface area contributed by atoms with Crippen molar-refractivity contribution in [1.82, 2.24) is 15.3 Å². The van der Waals surface area contributed by atoms with Gasteiger partial charge in [-0.1, -0.05) is 0 Å². The van der Waals surface area contributed by atoms with Gasteiger partial charge in [0, 0.05) is 19.0 Å².